The van der Waals surface area contributed by atoms with Gasteiger partial charge in [0, 0.05) is 50.6 Å². The van der Waals surface area contributed by atoms with E-state index in [0.717, 1.165) is 24.4 Å². The molecule has 0 saturated carbocycles. The number of likely N-dealkylation sites (tertiary alicyclic amines) is 1. The number of aliphatic carboxylic acids is 1. The molecular formula is C33H39N5O9. The summed E-state index contributed by atoms with van der Waals surface area (Å²) in [4.78, 5) is 73.0. The van der Waals surface area contributed by atoms with Gasteiger partial charge in [0.05, 0.1) is 18.2 Å². The van der Waals surface area contributed by atoms with E-state index >= 15 is 0 Å². The molecule has 0 spiro atoms. The van der Waals surface area contributed by atoms with Crippen LogP contribution in [0.5, 0.6) is 5.75 Å². The predicted molar refractivity (Wildman–Crippen MR) is 168 cm³/mol. The summed E-state index contributed by atoms with van der Waals surface area (Å²) in [7, 11) is 0. The summed E-state index contributed by atoms with van der Waals surface area (Å²) in [5, 5.41) is 12.6. The Hall–Kier alpha value is -5.14. The number of amides is 4. The van der Waals surface area contributed by atoms with Crippen LogP contribution in [-0.2, 0) is 19.1 Å². The fraction of sp³-hybridized carbons (Fsp3) is 0.455. The predicted octanol–water partition coefficient (Wildman–Crippen LogP) is 3.14. The molecule has 14 nitrogen and oxygen atoms in total. The van der Waals surface area contributed by atoms with Crippen LogP contribution >= 0.6 is 0 Å². The van der Waals surface area contributed by atoms with Gasteiger partial charge in [0.15, 0.2) is 6.61 Å². The van der Waals surface area contributed by atoms with E-state index in [0.29, 0.717) is 17.4 Å². The fourth-order valence-electron chi connectivity index (χ4n) is 5.90. The number of rotatable bonds is 11. The van der Waals surface area contributed by atoms with Crippen molar-refractivity contribution in [2.45, 2.75) is 51.6 Å². The van der Waals surface area contributed by atoms with Crippen LogP contribution in [0.2, 0.25) is 0 Å². The lowest BCUT2D eigenvalue weighted by Gasteiger charge is -2.35. The van der Waals surface area contributed by atoms with Crippen molar-refractivity contribution in [3.8, 4) is 5.75 Å². The third-order valence-corrected chi connectivity index (χ3v) is 8.29. The van der Waals surface area contributed by atoms with E-state index in [9.17, 15) is 29.1 Å². The lowest BCUT2D eigenvalue weighted by Crippen LogP contribution is -2.56. The molecule has 4 amide bonds. The normalized spacial score (nSPS) is 17.0. The summed E-state index contributed by atoms with van der Waals surface area (Å²) >= 11 is 0. The van der Waals surface area contributed by atoms with Gasteiger partial charge in [-0.2, -0.15) is 0 Å². The van der Waals surface area contributed by atoms with E-state index in [1.54, 1.807) is 36.1 Å². The SMILES string of the molecule is CCOC(=O)N1CCN(C(=O)C(CCC(=O)O)NC(=O)c2cc(OCC(=O)N3CCCC3c3ccc(C)o3)c3ccccc3n2)CC1. The molecule has 2 aromatic heterocycles. The second-order valence-corrected chi connectivity index (χ2v) is 11.5. The number of carbonyl (C=O) groups is 5. The maximum Gasteiger partial charge on any atom is 0.409 e. The van der Waals surface area contributed by atoms with Crippen LogP contribution in [0.15, 0.2) is 46.9 Å². The molecule has 3 aromatic rings. The minimum atomic E-state index is -1.15. The highest BCUT2D eigenvalue weighted by atomic mass is 16.6. The number of carboxylic acid groups (broad SMARTS) is 1. The second-order valence-electron chi connectivity index (χ2n) is 11.5. The molecule has 0 aliphatic carbocycles. The van der Waals surface area contributed by atoms with Crippen LogP contribution in [0.1, 0.15) is 60.7 Å². The van der Waals surface area contributed by atoms with Gasteiger partial charge in [-0.15, -0.1) is 0 Å². The number of aryl methyl sites for hydroxylation is 1. The van der Waals surface area contributed by atoms with Gasteiger partial charge in [-0.05, 0) is 57.4 Å². The zero-order valence-corrected chi connectivity index (χ0v) is 26.5. The van der Waals surface area contributed by atoms with Crippen molar-refractivity contribution in [1.82, 2.24) is 25.0 Å². The molecule has 250 valence electrons. The second kappa shape index (κ2) is 15.0. The van der Waals surface area contributed by atoms with Crippen LogP contribution in [0.3, 0.4) is 0 Å². The van der Waals surface area contributed by atoms with Gasteiger partial charge in [0.25, 0.3) is 11.8 Å². The number of hydrogen-bond acceptors (Lipinski definition) is 9. The molecule has 47 heavy (non-hydrogen) atoms. The Labute approximate surface area is 271 Å². The molecule has 2 aliphatic rings. The Kier molecular flexibility index (Phi) is 10.6. The third kappa shape index (κ3) is 7.99. The summed E-state index contributed by atoms with van der Waals surface area (Å²) < 4.78 is 16.8. The van der Waals surface area contributed by atoms with Crippen molar-refractivity contribution in [2.24, 2.45) is 0 Å². The van der Waals surface area contributed by atoms with Crippen LogP contribution in [0.25, 0.3) is 10.9 Å². The van der Waals surface area contributed by atoms with Crippen LogP contribution in [0.4, 0.5) is 4.79 Å². The number of fused-ring (bicyclic) bond motifs is 1. The van der Waals surface area contributed by atoms with Crippen molar-refractivity contribution in [3.63, 3.8) is 0 Å². The first-order chi connectivity index (χ1) is 22.6. The average molecular weight is 650 g/mol. The Morgan fingerprint density at radius 1 is 1.04 bits per heavy atom. The number of ether oxygens (including phenoxy) is 2. The molecule has 1 aromatic carbocycles. The van der Waals surface area contributed by atoms with Gasteiger partial charge < -0.3 is 39.0 Å². The highest BCUT2D eigenvalue weighted by Gasteiger charge is 2.33. The standard InChI is InChI=1S/C33H39N5O9/c1-3-45-33(44)37-17-15-36(16-18-37)32(43)24(11-13-30(40)41)35-31(42)25-19-28(22-7-4-5-8-23(22)34-25)46-20-29(39)38-14-6-9-26(38)27-12-10-21(2)47-27/h4-5,7-8,10,12,19,24,26H,3,6,9,11,13-18,20H2,1-2H3,(H,35,42)(H,40,41). The molecule has 5 rings (SSSR count). The van der Waals surface area contributed by atoms with Crippen LogP contribution in [0, 0.1) is 6.92 Å². The van der Waals surface area contributed by atoms with Gasteiger partial charge in [-0.3, -0.25) is 19.2 Å². The average Bonchev–Trinajstić information content (AvgIpc) is 3.74. The first-order valence-corrected chi connectivity index (χ1v) is 15.8. The van der Waals surface area contributed by atoms with Gasteiger partial charge in [-0.25, -0.2) is 9.78 Å². The summed E-state index contributed by atoms with van der Waals surface area (Å²) in [5.41, 5.74) is 0.382. The monoisotopic (exact) mass is 649 g/mol. The molecule has 2 aliphatic heterocycles. The van der Waals surface area contributed by atoms with E-state index in [4.69, 9.17) is 13.9 Å². The number of aromatic nitrogens is 1. The topological polar surface area (TPSA) is 172 Å². The minimum absolute atomic E-state index is 0.0588. The van der Waals surface area contributed by atoms with E-state index < -0.39 is 29.9 Å². The van der Waals surface area contributed by atoms with Crippen molar-refractivity contribution in [3.05, 3.63) is 59.7 Å². The largest absolute Gasteiger partial charge is 0.483 e. The summed E-state index contributed by atoms with van der Waals surface area (Å²) in [6.45, 7) is 4.99. The number of nitrogens with one attached hydrogen (secondary N) is 1. The van der Waals surface area contributed by atoms with Gasteiger partial charge in [0.2, 0.25) is 5.91 Å². The van der Waals surface area contributed by atoms with E-state index in [2.05, 4.69) is 10.3 Å². The maximum atomic E-state index is 13.5. The molecular weight excluding hydrogens is 610 g/mol. The highest BCUT2D eigenvalue weighted by Crippen LogP contribution is 2.33. The highest BCUT2D eigenvalue weighted by molar-refractivity contribution is 5.99. The van der Waals surface area contributed by atoms with Gasteiger partial charge in [-0.1, -0.05) is 12.1 Å². The van der Waals surface area contributed by atoms with Gasteiger partial charge in [0.1, 0.15) is 29.0 Å². The summed E-state index contributed by atoms with van der Waals surface area (Å²) in [5.74, 6) is -0.733. The Bertz CT molecular complexity index is 1630. The zero-order valence-electron chi connectivity index (χ0n) is 26.5. The number of pyridine rings is 1. The van der Waals surface area contributed by atoms with E-state index in [-0.39, 0.29) is 75.6 Å². The Morgan fingerprint density at radius 3 is 2.49 bits per heavy atom. The fourth-order valence-corrected chi connectivity index (χ4v) is 5.90. The van der Waals surface area contributed by atoms with E-state index in [1.807, 2.05) is 19.1 Å². The number of carbonyl (C=O) groups excluding carboxylic acids is 4. The Balaban J connectivity index is 1.29. The quantitative estimate of drug-likeness (QED) is 0.314. The van der Waals surface area contributed by atoms with Crippen LogP contribution < -0.4 is 10.1 Å². The number of furan rings is 1. The number of nitrogens with zero attached hydrogens (tertiary/aromatic N) is 4. The molecule has 14 heteroatoms. The van der Waals surface area contributed by atoms with E-state index in [1.165, 1.54) is 15.9 Å². The number of para-hydroxylation sites is 1. The zero-order chi connectivity index (χ0) is 33.5. The molecule has 0 radical (unpaired) electrons. The molecule has 0 bridgehead atoms. The first kappa shape index (κ1) is 33.2. The first-order valence-electron chi connectivity index (χ1n) is 15.8. The number of benzene rings is 1. The maximum absolute atomic E-state index is 13.5. The van der Waals surface area contributed by atoms with Crippen molar-refractivity contribution < 1.29 is 43.0 Å². The molecule has 2 unspecified atom stereocenters. The molecule has 2 saturated heterocycles. The molecule has 2 atom stereocenters. The summed E-state index contributed by atoms with van der Waals surface area (Å²) in [6.07, 6.45) is 0.655. The molecule has 4 heterocycles. The lowest BCUT2D eigenvalue weighted by molar-refractivity contribution is -0.138. The molecule has 2 fully saturated rings. The van der Waals surface area contributed by atoms with Crippen molar-refractivity contribution in [2.75, 3.05) is 45.9 Å². The Morgan fingerprint density at radius 2 is 1.79 bits per heavy atom. The van der Waals surface area contributed by atoms with Gasteiger partial charge >= 0.3 is 12.1 Å². The number of carboxylic acids is 1. The number of piperazine rings is 1. The minimum Gasteiger partial charge on any atom is -0.483 e. The molecule has 2 N–H and O–H groups in total. The van der Waals surface area contributed by atoms with Crippen molar-refractivity contribution in [1.29, 1.82) is 0 Å². The smallest absolute Gasteiger partial charge is 0.409 e. The van der Waals surface area contributed by atoms with Crippen molar-refractivity contribution >= 4 is 40.7 Å². The number of hydrogen-bond donors (Lipinski definition) is 2. The third-order valence-electron chi connectivity index (χ3n) is 8.29. The summed E-state index contributed by atoms with van der Waals surface area (Å²) in [6, 6.07) is 10.8. The lowest BCUT2D eigenvalue weighted by atomic mass is 10.1. The van der Waals surface area contributed by atoms with Crippen LogP contribution in [-0.4, -0.2) is 107 Å².